The number of nitrogens with one attached hydrogen (secondary N) is 1. The van der Waals surface area contributed by atoms with Gasteiger partial charge in [0.2, 0.25) is 0 Å². The number of sulfone groups is 1. The first kappa shape index (κ1) is 52.0. The minimum Gasteiger partial charge on any atom is -0.444 e. The van der Waals surface area contributed by atoms with Gasteiger partial charge in [-0.25, -0.2) is 13.2 Å². The third kappa shape index (κ3) is 13.8. The van der Waals surface area contributed by atoms with Crippen LogP contribution < -0.4 is 5.32 Å². The van der Waals surface area contributed by atoms with Gasteiger partial charge in [0.15, 0.2) is 9.84 Å². The summed E-state index contributed by atoms with van der Waals surface area (Å²) in [5.74, 6) is 1.53. The molecule has 328 valence electrons. The van der Waals surface area contributed by atoms with E-state index in [0.717, 1.165) is 39.0 Å². The van der Waals surface area contributed by atoms with Crippen LogP contribution in [0.1, 0.15) is 137 Å². The van der Waals surface area contributed by atoms with Gasteiger partial charge in [0.05, 0.1) is 28.3 Å². The molecule has 0 spiro atoms. The minimum atomic E-state index is -2.69. The molecule has 0 aromatic heterocycles. The molecule has 0 radical (unpaired) electrons. The third-order valence-electron chi connectivity index (χ3n) is 13.3. The maximum atomic E-state index is 12.1. The molecular formula is C43H88N4O7S. The second-order valence-corrected chi connectivity index (χ2v) is 23.5. The summed E-state index contributed by atoms with van der Waals surface area (Å²) in [6.07, 6.45) is 2.08. The molecule has 0 aromatic carbocycles. The van der Waals surface area contributed by atoms with Crippen LogP contribution in [-0.2, 0) is 14.6 Å². The lowest BCUT2D eigenvalue weighted by Gasteiger charge is -2.52. The lowest BCUT2D eigenvalue weighted by Crippen LogP contribution is -2.61. The normalized spacial score (nSPS) is 30.7. The summed E-state index contributed by atoms with van der Waals surface area (Å²) >= 11 is 0. The molecule has 4 N–H and O–H groups in total. The van der Waals surface area contributed by atoms with E-state index in [1.165, 1.54) is 0 Å². The van der Waals surface area contributed by atoms with Crippen LogP contribution in [0, 0.1) is 34.0 Å². The lowest BCUT2D eigenvalue weighted by molar-refractivity contribution is -0.144. The first-order valence-electron chi connectivity index (χ1n) is 21.1. The van der Waals surface area contributed by atoms with Gasteiger partial charge in [-0.05, 0) is 85.2 Å². The Labute approximate surface area is 338 Å². The van der Waals surface area contributed by atoms with E-state index in [9.17, 15) is 28.5 Å². The maximum absolute atomic E-state index is 12.1. The van der Waals surface area contributed by atoms with Gasteiger partial charge in [-0.15, -0.1) is 0 Å². The second-order valence-electron chi connectivity index (χ2n) is 21.2. The van der Waals surface area contributed by atoms with Gasteiger partial charge in [0.25, 0.3) is 0 Å². The predicted molar refractivity (Wildman–Crippen MR) is 228 cm³/mol. The number of aliphatic hydroxyl groups is 3. The second kappa shape index (κ2) is 19.4. The first-order valence-corrected chi connectivity index (χ1v) is 22.9. The smallest absolute Gasteiger partial charge is 0.410 e. The summed E-state index contributed by atoms with van der Waals surface area (Å²) < 4.78 is 27.4. The standard InChI is InChI=1S/C15H29NO3.C11H23NO.C10H21NO.C7H15NO2S/c1-11(2)15(18)8-9-16(10-14(15,6)7)12(17)19-13(3,4)5;1-9(2)11(13)6-7-12(5)8-10(11,3)4;1-8(2)10(12)5-6-11-7-9(10,3)4;1-7(2)8-3-5-11(9,10)6-4-8/h11,18H,8-10H2,1-7H3;9,13H,6-8H2,1-5H3;8,11-12H,5-7H2,1-4H3;7H,3-6H2,1-2H3. The topological polar surface area (TPSA) is 143 Å². The van der Waals surface area contributed by atoms with E-state index < -0.39 is 32.2 Å². The van der Waals surface area contributed by atoms with Crippen molar-refractivity contribution in [1.82, 2.24) is 20.0 Å². The van der Waals surface area contributed by atoms with E-state index in [2.05, 4.69) is 91.4 Å². The molecule has 4 saturated heterocycles. The number of ether oxygens (including phenoxy) is 1. The van der Waals surface area contributed by atoms with E-state index in [0.29, 0.717) is 62.0 Å². The van der Waals surface area contributed by atoms with Gasteiger partial charge >= 0.3 is 6.09 Å². The monoisotopic (exact) mass is 805 g/mol. The summed E-state index contributed by atoms with van der Waals surface area (Å²) in [5, 5.41) is 35.2. The number of piperidine rings is 3. The Hall–Kier alpha value is -1.02. The number of carbonyl (C=O) groups is 1. The van der Waals surface area contributed by atoms with Crippen molar-refractivity contribution < 1.29 is 33.3 Å². The Morgan fingerprint density at radius 1 is 0.673 bits per heavy atom. The molecule has 12 heteroatoms. The fraction of sp³-hybridized carbons (Fsp3) is 0.977. The molecule has 1 amide bonds. The summed E-state index contributed by atoms with van der Waals surface area (Å²) in [6, 6.07) is 0.477. The molecule has 4 rings (SSSR count). The van der Waals surface area contributed by atoms with E-state index in [1.54, 1.807) is 4.90 Å². The Morgan fingerprint density at radius 2 is 1.09 bits per heavy atom. The van der Waals surface area contributed by atoms with E-state index in [-0.39, 0.29) is 28.3 Å². The molecule has 4 fully saturated rings. The number of hydrogen-bond acceptors (Lipinski definition) is 10. The van der Waals surface area contributed by atoms with Gasteiger partial charge in [-0.3, -0.25) is 4.90 Å². The van der Waals surface area contributed by atoms with Gasteiger partial charge in [0, 0.05) is 68.1 Å². The van der Waals surface area contributed by atoms with E-state index >= 15 is 0 Å². The highest BCUT2D eigenvalue weighted by atomic mass is 32.2. The molecule has 11 nitrogen and oxygen atoms in total. The fourth-order valence-electron chi connectivity index (χ4n) is 9.03. The van der Waals surface area contributed by atoms with Crippen molar-refractivity contribution in [3.63, 3.8) is 0 Å². The van der Waals surface area contributed by atoms with Crippen LogP contribution in [0.5, 0.6) is 0 Å². The number of amides is 1. The zero-order chi connectivity index (χ0) is 43.2. The Balaban J connectivity index is 0.000000376. The van der Waals surface area contributed by atoms with Gasteiger partial charge in [-0.1, -0.05) is 83.1 Å². The molecular weight excluding hydrogens is 717 g/mol. The molecule has 0 aromatic rings. The number of nitrogens with zero attached hydrogens (tertiary/aromatic N) is 3. The van der Waals surface area contributed by atoms with Crippen molar-refractivity contribution in [2.45, 2.75) is 165 Å². The van der Waals surface area contributed by atoms with Gasteiger partial charge in [-0.2, -0.15) is 0 Å². The molecule has 3 atom stereocenters. The van der Waals surface area contributed by atoms with Crippen LogP contribution >= 0.6 is 0 Å². The molecule has 0 aliphatic carbocycles. The van der Waals surface area contributed by atoms with Gasteiger partial charge in [0.1, 0.15) is 5.60 Å². The molecule has 0 bridgehead atoms. The number of hydrogen-bond donors (Lipinski definition) is 4. The third-order valence-corrected chi connectivity index (χ3v) is 14.9. The molecule has 0 saturated carbocycles. The van der Waals surface area contributed by atoms with Crippen LogP contribution in [-0.4, -0.2) is 144 Å². The Kier molecular flexibility index (Phi) is 18.3. The highest BCUT2D eigenvalue weighted by Gasteiger charge is 2.51. The molecule has 4 aliphatic heterocycles. The highest BCUT2D eigenvalue weighted by molar-refractivity contribution is 7.91. The quantitative estimate of drug-likeness (QED) is 0.256. The van der Waals surface area contributed by atoms with Crippen molar-refractivity contribution >= 4 is 15.9 Å². The summed E-state index contributed by atoms with van der Waals surface area (Å²) in [4.78, 5) is 18.3. The summed E-state index contributed by atoms with van der Waals surface area (Å²) in [7, 11) is -0.564. The van der Waals surface area contributed by atoms with Crippen LogP contribution in [0.15, 0.2) is 0 Å². The van der Waals surface area contributed by atoms with Crippen LogP contribution in [0.2, 0.25) is 0 Å². The van der Waals surface area contributed by atoms with E-state index in [4.69, 9.17) is 4.74 Å². The summed E-state index contributed by atoms with van der Waals surface area (Å²) in [6.45, 7) is 41.3. The highest BCUT2D eigenvalue weighted by Crippen LogP contribution is 2.45. The largest absolute Gasteiger partial charge is 0.444 e. The van der Waals surface area contributed by atoms with Crippen LogP contribution in [0.25, 0.3) is 0 Å². The van der Waals surface area contributed by atoms with Crippen molar-refractivity contribution in [3.8, 4) is 0 Å². The first-order chi connectivity index (χ1) is 24.6. The predicted octanol–water partition coefficient (Wildman–Crippen LogP) is 6.29. The number of likely N-dealkylation sites (tertiary alicyclic amines) is 2. The fourth-order valence-corrected chi connectivity index (χ4v) is 10.3. The maximum Gasteiger partial charge on any atom is 0.410 e. The molecule has 4 aliphatic rings. The zero-order valence-corrected chi connectivity index (χ0v) is 39.5. The zero-order valence-electron chi connectivity index (χ0n) is 38.7. The lowest BCUT2D eigenvalue weighted by atomic mass is 9.65. The number of rotatable bonds is 4. The Morgan fingerprint density at radius 3 is 1.44 bits per heavy atom. The average Bonchev–Trinajstić information content (AvgIpc) is 3.01. The minimum absolute atomic E-state index is 0.000579. The van der Waals surface area contributed by atoms with Gasteiger partial charge < -0.3 is 35.2 Å². The van der Waals surface area contributed by atoms with Crippen molar-refractivity contribution in [1.29, 1.82) is 0 Å². The molecule has 55 heavy (non-hydrogen) atoms. The van der Waals surface area contributed by atoms with E-state index in [1.807, 2.05) is 48.5 Å². The Bertz CT molecular complexity index is 1300. The van der Waals surface area contributed by atoms with Crippen molar-refractivity contribution in [2.24, 2.45) is 34.0 Å². The van der Waals surface area contributed by atoms with Crippen molar-refractivity contribution in [2.75, 3.05) is 70.9 Å². The molecule has 3 unspecified atom stereocenters. The SMILES string of the molecule is CC(C)C1(O)CCN(C(=O)OC(C)(C)C)CC1(C)C.CC(C)C1(O)CCN(C)CC1(C)C.CC(C)C1(O)CCNCC1(C)C.CC(C)N1CCS(=O)(=O)CC1. The summed E-state index contributed by atoms with van der Waals surface area (Å²) in [5.41, 5.74) is -2.51. The van der Waals surface area contributed by atoms with Crippen LogP contribution in [0.4, 0.5) is 4.79 Å². The van der Waals surface area contributed by atoms with Crippen LogP contribution in [0.3, 0.4) is 0 Å². The number of carbonyl (C=O) groups excluding carboxylic acids is 1. The van der Waals surface area contributed by atoms with Crippen molar-refractivity contribution in [3.05, 3.63) is 0 Å². The average molecular weight is 805 g/mol. The molecule has 4 heterocycles.